The Bertz CT molecular complexity index is 777. The summed E-state index contributed by atoms with van der Waals surface area (Å²) in [6.45, 7) is 0.639. The van der Waals surface area contributed by atoms with Gasteiger partial charge >= 0.3 is 0 Å². The van der Waals surface area contributed by atoms with E-state index in [1.54, 1.807) is 0 Å². The molecule has 0 atom stereocenters. The van der Waals surface area contributed by atoms with E-state index in [4.69, 9.17) is 23.8 Å². The van der Waals surface area contributed by atoms with Crippen LogP contribution in [0.3, 0.4) is 0 Å². The Kier molecular flexibility index (Phi) is 3.67. The zero-order chi connectivity index (χ0) is 13.9. The zero-order valence-electron chi connectivity index (χ0n) is 10.6. The van der Waals surface area contributed by atoms with Gasteiger partial charge in [0.2, 0.25) is 0 Å². The molecule has 0 aliphatic rings. The second-order valence-corrected chi connectivity index (χ2v) is 5.26. The van der Waals surface area contributed by atoms with Gasteiger partial charge in [-0.25, -0.2) is 0 Å². The summed E-state index contributed by atoms with van der Waals surface area (Å²) in [5, 5.41) is 7.89. The van der Waals surface area contributed by atoms with E-state index in [0.717, 1.165) is 22.0 Å². The smallest absolute Gasteiger partial charge is 0.195 e. The van der Waals surface area contributed by atoms with Gasteiger partial charge in [0.05, 0.1) is 6.54 Å². The lowest BCUT2D eigenvalue weighted by Gasteiger charge is -2.07. The van der Waals surface area contributed by atoms with Crippen LogP contribution >= 0.6 is 23.8 Å². The lowest BCUT2D eigenvalue weighted by molar-refractivity contribution is 0.790. The summed E-state index contributed by atoms with van der Waals surface area (Å²) < 4.78 is 2.57. The third-order valence-corrected chi connectivity index (χ3v) is 3.57. The van der Waals surface area contributed by atoms with Crippen LogP contribution in [0.5, 0.6) is 0 Å². The largest absolute Gasteiger partial charge is 0.296 e. The molecule has 0 saturated carbocycles. The average molecular weight is 302 g/mol. The summed E-state index contributed by atoms with van der Waals surface area (Å²) in [5.41, 5.74) is 2.12. The van der Waals surface area contributed by atoms with Gasteiger partial charge in [-0.2, -0.15) is 5.10 Å². The highest BCUT2D eigenvalue weighted by molar-refractivity contribution is 7.71. The van der Waals surface area contributed by atoms with Crippen LogP contribution in [0.1, 0.15) is 5.56 Å². The molecule has 0 aliphatic carbocycles. The number of hydrogen-bond donors (Lipinski definition) is 1. The minimum absolute atomic E-state index is 0.601. The second-order valence-electron chi connectivity index (χ2n) is 4.43. The fraction of sp³-hybridized carbons (Fsp3) is 0.0667. The van der Waals surface area contributed by atoms with Crippen molar-refractivity contribution in [3.63, 3.8) is 0 Å². The molecule has 1 aromatic heterocycles. The Balaban J connectivity index is 2.02. The SMILES string of the molecule is S=c1[nH]nc(-c2ccccc2)n1Cc1cccc(Cl)c1. The first-order valence-corrected chi connectivity index (χ1v) is 6.98. The van der Waals surface area contributed by atoms with Crippen LogP contribution in [0.2, 0.25) is 5.02 Å². The van der Waals surface area contributed by atoms with E-state index in [-0.39, 0.29) is 0 Å². The molecule has 0 saturated heterocycles. The summed E-state index contributed by atoms with van der Waals surface area (Å²) in [6.07, 6.45) is 0. The molecule has 1 N–H and O–H groups in total. The fourth-order valence-corrected chi connectivity index (χ4v) is 2.50. The third kappa shape index (κ3) is 2.66. The van der Waals surface area contributed by atoms with E-state index in [1.165, 1.54) is 0 Å². The van der Waals surface area contributed by atoms with E-state index in [1.807, 2.05) is 59.2 Å². The Morgan fingerprint density at radius 2 is 1.90 bits per heavy atom. The maximum Gasteiger partial charge on any atom is 0.195 e. The first-order valence-electron chi connectivity index (χ1n) is 6.19. The van der Waals surface area contributed by atoms with Crippen molar-refractivity contribution in [1.29, 1.82) is 0 Å². The van der Waals surface area contributed by atoms with Gasteiger partial charge < -0.3 is 0 Å². The van der Waals surface area contributed by atoms with Crippen molar-refractivity contribution in [2.45, 2.75) is 6.54 Å². The van der Waals surface area contributed by atoms with Gasteiger partial charge in [-0.05, 0) is 29.9 Å². The molecule has 2 aromatic carbocycles. The van der Waals surface area contributed by atoms with E-state index in [0.29, 0.717) is 11.3 Å². The van der Waals surface area contributed by atoms with Gasteiger partial charge in [0.25, 0.3) is 0 Å². The quantitative estimate of drug-likeness (QED) is 0.731. The van der Waals surface area contributed by atoms with Crippen LogP contribution in [0.15, 0.2) is 54.6 Å². The highest BCUT2D eigenvalue weighted by atomic mass is 35.5. The van der Waals surface area contributed by atoms with Crippen LogP contribution in [-0.4, -0.2) is 14.8 Å². The molecule has 0 aliphatic heterocycles. The second kappa shape index (κ2) is 5.61. The average Bonchev–Trinajstić information content (AvgIpc) is 2.81. The monoisotopic (exact) mass is 301 g/mol. The Morgan fingerprint density at radius 3 is 2.65 bits per heavy atom. The third-order valence-electron chi connectivity index (χ3n) is 3.02. The van der Waals surface area contributed by atoms with Crippen LogP contribution in [-0.2, 0) is 6.54 Å². The number of hydrogen-bond acceptors (Lipinski definition) is 2. The predicted octanol–water partition coefficient (Wildman–Crippen LogP) is 4.31. The van der Waals surface area contributed by atoms with Gasteiger partial charge in [0.15, 0.2) is 10.6 Å². The summed E-state index contributed by atoms with van der Waals surface area (Å²) in [7, 11) is 0. The van der Waals surface area contributed by atoms with Crippen LogP contribution in [0.4, 0.5) is 0 Å². The predicted molar refractivity (Wildman–Crippen MR) is 83.4 cm³/mol. The molecule has 100 valence electrons. The van der Waals surface area contributed by atoms with Crippen molar-refractivity contribution in [2.75, 3.05) is 0 Å². The molecule has 0 amide bonds. The van der Waals surface area contributed by atoms with Gasteiger partial charge in [0.1, 0.15) is 0 Å². The van der Waals surface area contributed by atoms with Crippen LogP contribution in [0.25, 0.3) is 11.4 Å². The molecule has 0 unspecified atom stereocenters. The van der Waals surface area contributed by atoms with Crippen molar-refractivity contribution in [1.82, 2.24) is 14.8 Å². The summed E-state index contributed by atoms with van der Waals surface area (Å²) in [4.78, 5) is 0. The van der Waals surface area contributed by atoms with Gasteiger partial charge in [0, 0.05) is 10.6 Å². The van der Waals surface area contributed by atoms with Gasteiger partial charge in [-0.15, -0.1) is 0 Å². The van der Waals surface area contributed by atoms with Crippen molar-refractivity contribution < 1.29 is 0 Å². The van der Waals surface area contributed by atoms with E-state index >= 15 is 0 Å². The van der Waals surface area contributed by atoms with Gasteiger partial charge in [-0.1, -0.05) is 54.1 Å². The van der Waals surface area contributed by atoms with E-state index < -0.39 is 0 Å². The standard InChI is InChI=1S/C15H12ClN3S/c16-13-8-4-5-11(9-13)10-19-14(17-18-15(19)20)12-6-2-1-3-7-12/h1-9H,10H2,(H,18,20). The molecule has 0 spiro atoms. The minimum atomic E-state index is 0.601. The number of H-pyrrole nitrogens is 1. The number of benzene rings is 2. The van der Waals surface area contributed by atoms with Crippen molar-refractivity contribution >= 4 is 23.8 Å². The number of aromatic nitrogens is 3. The Labute approximate surface area is 126 Å². The van der Waals surface area contributed by atoms with Crippen LogP contribution < -0.4 is 0 Å². The lowest BCUT2D eigenvalue weighted by Crippen LogP contribution is -2.02. The molecule has 20 heavy (non-hydrogen) atoms. The molecule has 3 nitrogen and oxygen atoms in total. The lowest BCUT2D eigenvalue weighted by atomic mass is 10.2. The molecule has 3 aromatic rings. The number of nitrogens with zero attached hydrogens (tertiary/aromatic N) is 2. The van der Waals surface area contributed by atoms with Crippen molar-refractivity contribution in [2.24, 2.45) is 0 Å². The number of halogens is 1. The van der Waals surface area contributed by atoms with Gasteiger partial charge in [-0.3, -0.25) is 9.67 Å². The summed E-state index contributed by atoms with van der Waals surface area (Å²) in [6, 6.07) is 17.7. The van der Waals surface area contributed by atoms with Crippen molar-refractivity contribution in [3.8, 4) is 11.4 Å². The first kappa shape index (κ1) is 13.1. The Hall–Kier alpha value is -1.91. The van der Waals surface area contributed by atoms with Crippen LogP contribution in [0, 0.1) is 4.77 Å². The molecule has 1 heterocycles. The summed E-state index contributed by atoms with van der Waals surface area (Å²) >= 11 is 11.3. The molecule has 0 bridgehead atoms. The normalized spacial score (nSPS) is 10.7. The highest BCUT2D eigenvalue weighted by Gasteiger charge is 2.08. The molecule has 5 heteroatoms. The van der Waals surface area contributed by atoms with Crippen molar-refractivity contribution in [3.05, 3.63) is 70.0 Å². The number of nitrogens with one attached hydrogen (secondary N) is 1. The topological polar surface area (TPSA) is 33.6 Å². The summed E-state index contributed by atoms with van der Waals surface area (Å²) in [5.74, 6) is 0.829. The molecular formula is C15H12ClN3S. The number of aromatic amines is 1. The maximum absolute atomic E-state index is 6.02. The van der Waals surface area contributed by atoms with E-state index in [9.17, 15) is 0 Å². The molecular weight excluding hydrogens is 290 g/mol. The molecule has 3 rings (SSSR count). The maximum atomic E-state index is 6.02. The zero-order valence-corrected chi connectivity index (χ0v) is 12.2. The first-order chi connectivity index (χ1) is 9.74. The Morgan fingerprint density at radius 1 is 1.10 bits per heavy atom. The molecule has 0 radical (unpaired) electrons. The number of rotatable bonds is 3. The van der Waals surface area contributed by atoms with E-state index in [2.05, 4.69) is 10.2 Å². The highest BCUT2D eigenvalue weighted by Crippen LogP contribution is 2.19. The molecule has 0 fully saturated rings. The fourth-order valence-electron chi connectivity index (χ4n) is 2.09. The minimum Gasteiger partial charge on any atom is -0.296 e.